The van der Waals surface area contributed by atoms with Crippen LogP contribution in [0, 0.1) is 5.82 Å². The predicted octanol–water partition coefficient (Wildman–Crippen LogP) is 3.85. The molecule has 0 aliphatic carbocycles. The number of halogens is 1. The molecule has 2 heterocycles. The van der Waals surface area contributed by atoms with Gasteiger partial charge in [-0.3, -0.25) is 4.98 Å². The SMILES string of the molecule is O=C(O)c1ccc(-c2ccc(-c3cccc(F)c3)cn2)o1. The van der Waals surface area contributed by atoms with Crippen molar-refractivity contribution in [3.63, 3.8) is 0 Å². The van der Waals surface area contributed by atoms with Crippen molar-refractivity contribution in [2.24, 2.45) is 0 Å². The van der Waals surface area contributed by atoms with E-state index >= 15 is 0 Å². The van der Waals surface area contributed by atoms with Gasteiger partial charge in [-0.2, -0.15) is 0 Å². The molecule has 3 aromatic rings. The molecule has 1 aromatic carbocycles. The Morgan fingerprint density at radius 2 is 1.95 bits per heavy atom. The van der Waals surface area contributed by atoms with Gasteiger partial charge in [0.05, 0.1) is 0 Å². The summed E-state index contributed by atoms with van der Waals surface area (Å²) in [5.74, 6) is -1.20. The Bertz CT molecular complexity index is 793. The number of benzene rings is 1. The number of carboxylic acids is 1. The van der Waals surface area contributed by atoms with Crippen LogP contribution in [-0.4, -0.2) is 16.1 Å². The highest BCUT2D eigenvalue weighted by Gasteiger charge is 2.11. The minimum absolute atomic E-state index is 0.138. The number of pyridine rings is 1. The zero-order valence-electron chi connectivity index (χ0n) is 10.8. The van der Waals surface area contributed by atoms with Crippen LogP contribution < -0.4 is 0 Å². The van der Waals surface area contributed by atoms with Crippen molar-refractivity contribution in [1.29, 1.82) is 0 Å². The van der Waals surface area contributed by atoms with Gasteiger partial charge in [0.25, 0.3) is 0 Å². The molecule has 0 radical (unpaired) electrons. The molecule has 0 aliphatic heterocycles. The molecule has 1 N–H and O–H groups in total. The smallest absolute Gasteiger partial charge is 0.371 e. The lowest BCUT2D eigenvalue weighted by Gasteiger charge is -2.02. The van der Waals surface area contributed by atoms with Crippen LogP contribution in [0.5, 0.6) is 0 Å². The minimum Gasteiger partial charge on any atom is -0.475 e. The van der Waals surface area contributed by atoms with Crippen LogP contribution in [0.25, 0.3) is 22.6 Å². The first kappa shape index (κ1) is 13.1. The van der Waals surface area contributed by atoms with E-state index in [9.17, 15) is 9.18 Å². The van der Waals surface area contributed by atoms with Gasteiger partial charge in [0.15, 0.2) is 5.76 Å². The summed E-state index contributed by atoms with van der Waals surface area (Å²) in [6.45, 7) is 0. The Morgan fingerprint density at radius 1 is 1.10 bits per heavy atom. The maximum atomic E-state index is 13.2. The molecule has 3 rings (SSSR count). The standard InChI is InChI=1S/C16H10FNO3/c17-12-3-1-2-10(8-12)11-4-5-13(18-9-11)14-6-7-15(21-14)16(19)20/h1-9H,(H,19,20). The molecule has 0 saturated heterocycles. The fraction of sp³-hybridized carbons (Fsp3) is 0. The normalized spacial score (nSPS) is 10.5. The Morgan fingerprint density at radius 3 is 2.57 bits per heavy atom. The monoisotopic (exact) mass is 283 g/mol. The number of rotatable bonds is 3. The first-order valence-corrected chi connectivity index (χ1v) is 6.19. The predicted molar refractivity (Wildman–Crippen MR) is 74.3 cm³/mol. The summed E-state index contributed by atoms with van der Waals surface area (Å²) in [5, 5.41) is 8.81. The Balaban J connectivity index is 1.91. The summed E-state index contributed by atoms with van der Waals surface area (Å²) < 4.78 is 18.4. The van der Waals surface area contributed by atoms with E-state index in [1.165, 1.54) is 18.2 Å². The van der Waals surface area contributed by atoms with Gasteiger partial charge in [0, 0.05) is 11.8 Å². The van der Waals surface area contributed by atoms with E-state index < -0.39 is 5.97 Å². The molecule has 4 nitrogen and oxygen atoms in total. The summed E-state index contributed by atoms with van der Waals surface area (Å²) in [7, 11) is 0. The van der Waals surface area contributed by atoms with Gasteiger partial charge in [0.2, 0.25) is 5.76 Å². The van der Waals surface area contributed by atoms with Gasteiger partial charge in [-0.25, -0.2) is 9.18 Å². The number of carboxylic acid groups (broad SMARTS) is 1. The van der Waals surface area contributed by atoms with Crippen molar-refractivity contribution in [2.45, 2.75) is 0 Å². The van der Waals surface area contributed by atoms with E-state index in [0.717, 1.165) is 11.1 Å². The molecule has 21 heavy (non-hydrogen) atoms. The van der Waals surface area contributed by atoms with Crippen LogP contribution >= 0.6 is 0 Å². The van der Waals surface area contributed by atoms with Gasteiger partial charge in [-0.1, -0.05) is 18.2 Å². The third-order valence-corrected chi connectivity index (χ3v) is 2.99. The second-order valence-corrected chi connectivity index (χ2v) is 4.41. The average Bonchev–Trinajstić information content (AvgIpc) is 2.97. The van der Waals surface area contributed by atoms with Crippen molar-refractivity contribution in [3.05, 3.63) is 66.3 Å². The third kappa shape index (κ3) is 2.67. The topological polar surface area (TPSA) is 63.3 Å². The fourth-order valence-corrected chi connectivity index (χ4v) is 1.97. The summed E-state index contributed by atoms with van der Waals surface area (Å²) in [5.41, 5.74) is 2.01. The van der Waals surface area contributed by atoms with Crippen molar-refractivity contribution < 1.29 is 18.7 Å². The first-order chi connectivity index (χ1) is 10.1. The summed E-state index contributed by atoms with van der Waals surface area (Å²) in [6.07, 6.45) is 1.59. The lowest BCUT2D eigenvalue weighted by molar-refractivity contribution is 0.0663. The fourth-order valence-electron chi connectivity index (χ4n) is 1.97. The van der Waals surface area contributed by atoms with Gasteiger partial charge < -0.3 is 9.52 Å². The third-order valence-electron chi connectivity index (χ3n) is 2.99. The molecular formula is C16H10FNO3. The highest BCUT2D eigenvalue weighted by Crippen LogP contribution is 2.24. The number of nitrogens with zero attached hydrogens (tertiary/aromatic N) is 1. The summed E-state index contributed by atoms with van der Waals surface area (Å²) in [6, 6.07) is 12.6. The molecule has 0 fully saturated rings. The lowest BCUT2D eigenvalue weighted by atomic mass is 10.1. The maximum Gasteiger partial charge on any atom is 0.371 e. The van der Waals surface area contributed by atoms with Crippen LogP contribution in [0.15, 0.2) is 59.1 Å². The second-order valence-electron chi connectivity index (χ2n) is 4.41. The summed E-state index contributed by atoms with van der Waals surface area (Å²) >= 11 is 0. The number of aromatic nitrogens is 1. The van der Waals surface area contributed by atoms with Gasteiger partial charge >= 0.3 is 5.97 Å². The minimum atomic E-state index is -1.13. The molecule has 0 aliphatic rings. The van der Waals surface area contributed by atoms with Gasteiger partial charge in [0.1, 0.15) is 11.5 Å². The van der Waals surface area contributed by atoms with E-state index in [4.69, 9.17) is 9.52 Å². The highest BCUT2D eigenvalue weighted by molar-refractivity contribution is 5.85. The Hall–Kier alpha value is -2.95. The van der Waals surface area contributed by atoms with Crippen molar-refractivity contribution in [3.8, 4) is 22.6 Å². The van der Waals surface area contributed by atoms with E-state index in [-0.39, 0.29) is 11.6 Å². The average molecular weight is 283 g/mol. The molecule has 0 saturated carbocycles. The van der Waals surface area contributed by atoms with Crippen LogP contribution in [-0.2, 0) is 0 Å². The van der Waals surface area contributed by atoms with Crippen molar-refractivity contribution in [1.82, 2.24) is 4.98 Å². The second kappa shape index (κ2) is 5.20. The van der Waals surface area contributed by atoms with Gasteiger partial charge in [-0.05, 0) is 35.9 Å². The molecule has 0 amide bonds. The maximum absolute atomic E-state index is 13.2. The zero-order chi connectivity index (χ0) is 14.8. The molecule has 0 atom stereocenters. The van der Waals surface area contributed by atoms with E-state index in [0.29, 0.717) is 11.5 Å². The van der Waals surface area contributed by atoms with Crippen molar-refractivity contribution in [2.75, 3.05) is 0 Å². The number of aromatic carboxylic acids is 1. The van der Waals surface area contributed by atoms with Crippen LogP contribution in [0.2, 0.25) is 0 Å². The van der Waals surface area contributed by atoms with Crippen LogP contribution in [0.1, 0.15) is 10.6 Å². The largest absolute Gasteiger partial charge is 0.475 e. The zero-order valence-corrected chi connectivity index (χ0v) is 10.8. The molecule has 0 bridgehead atoms. The van der Waals surface area contributed by atoms with E-state index in [1.807, 2.05) is 0 Å². The molecule has 5 heteroatoms. The molecule has 0 unspecified atom stereocenters. The summed E-state index contributed by atoms with van der Waals surface area (Å²) in [4.78, 5) is 15.0. The van der Waals surface area contributed by atoms with E-state index in [2.05, 4.69) is 4.98 Å². The van der Waals surface area contributed by atoms with Crippen LogP contribution in [0.3, 0.4) is 0 Å². The first-order valence-electron chi connectivity index (χ1n) is 6.19. The number of hydrogen-bond acceptors (Lipinski definition) is 3. The van der Waals surface area contributed by atoms with Gasteiger partial charge in [-0.15, -0.1) is 0 Å². The molecule has 104 valence electrons. The molecule has 2 aromatic heterocycles. The molecule has 0 spiro atoms. The Kier molecular flexibility index (Phi) is 3.23. The number of hydrogen-bond donors (Lipinski definition) is 1. The lowest BCUT2D eigenvalue weighted by Crippen LogP contribution is -1.91. The van der Waals surface area contributed by atoms with E-state index in [1.54, 1.807) is 36.5 Å². The van der Waals surface area contributed by atoms with Crippen LogP contribution in [0.4, 0.5) is 4.39 Å². The highest BCUT2D eigenvalue weighted by atomic mass is 19.1. The Labute approximate surface area is 119 Å². The quantitative estimate of drug-likeness (QED) is 0.793. The molecular weight excluding hydrogens is 273 g/mol. The number of carbonyl (C=O) groups is 1. The van der Waals surface area contributed by atoms with Crippen molar-refractivity contribution >= 4 is 5.97 Å². The number of furan rings is 1.